The SMILES string of the molecule is C=CC(=O)Oc1c(SCl)c(SCl)c(SCl)c(SCl)c1SCl. The molecule has 0 radical (unpaired) electrons. The minimum atomic E-state index is -0.656. The van der Waals surface area contributed by atoms with Crippen LogP contribution >= 0.6 is 108 Å². The molecule has 1 aromatic carbocycles. The normalized spacial score (nSPS) is 10.5. The zero-order valence-electron chi connectivity index (χ0n) is 9.53. The van der Waals surface area contributed by atoms with Crippen LogP contribution in [0.2, 0.25) is 0 Å². The summed E-state index contributed by atoms with van der Waals surface area (Å²) in [6.07, 6.45) is 1.02. The van der Waals surface area contributed by atoms with Crippen LogP contribution in [0.3, 0.4) is 0 Å². The number of rotatable bonds is 7. The topological polar surface area (TPSA) is 26.3 Å². The molecule has 21 heavy (non-hydrogen) atoms. The van der Waals surface area contributed by atoms with Gasteiger partial charge in [-0.15, -0.1) is 0 Å². The Morgan fingerprint density at radius 1 is 0.810 bits per heavy atom. The average Bonchev–Trinajstić information content (AvgIpc) is 2.52. The van der Waals surface area contributed by atoms with Gasteiger partial charge in [0.25, 0.3) is 0 Å². The van der Waals surface area contributed by atoms with Gasteiger partial charge < -0.3 is 4.74 Å². The monoisotopic (exact) mass is 478 g/mol. The molecule has 0 atom stereocenters. The highest BCUT2D eigenvalue weighted by molar-refractivity contribution is 8.26. The van der Waals surface area contributed by atoms with E-state index in [0.29, 0.717) is 24.5 Å². The van der Waals surface area contributed by atoms with E-state index < -0.39 is 5.97 Å². The maximum absolute atomic E-state index is 11.5. The zero-order valence-corrected chi connectivity index (χ0v) is 17.4. The van der Waals surface area contributed by atoms with Crippen LogP contribution in [0.5, 0.6) is 5.75 Å². The molecule has 0 aliphatic heterocycles. The highest BCUT2D eigenvalue weighted by Gasteiger charge is 2.27. The van der Waals surface area contributed by atoms with Crippen molar-refractivity contribution in [2.75, 3.05) is 0 Å². The van der Waals surface area contributed by atoms with Crippen molar-refractivity contribution >= 4 is 114 Å². The van der Waals surface area contributed by atoms with Gasteiger partial charge in [-0.3, -0.25) is 0 Å². The third-order valence-electron chi connectivity index (χ3n) is 1.99. The van der Waals surface area contributed by atoms with Gasteiger partial charge in [-0.1, -0.05) is 6.58 Å². The van der Waals surface area contributed by atoms with Crippen molar-refractivity contribution in [2.45, 2.75) is 24.5 Å². The van der Waals surface area contributed by atoms with Crippen molar-refractivity contribution in [3.8, 4) is 5.75 Å². The van der Waals surface area contributed by atoms with E-state index >= 15 is 0 Å². The maximum Gasteiger partial charge on any atom is 0.335 e. The summed E-state index contributed by atoms with van der Waals surface area (Å²) in [5.74, 6) is -0.489. The van der Waals surface area contributed by atoms with Crippen LogP contribution in [0, 0.1) is 0 Å². The van der Waals surface area contributed by atoms with E-state index in [9.17, 15) is 4.79 Å². The lowest BCUT2D eigenvalue weighted by molar-refractivity contribution is -0.129. The molecule has 12 heteroatoms. The second-order valence-corrected chi connectivity index (χ2v) is 8.11. The molecule has 1 aromatic rings. The lowest BCUT2D eigenvalue weighted by atomic mass is 10.3. The van der Waals surface area contributed by atoms with Crippen LogP contribution in [0.1, 0.15) is 0 Å². The molecule has 0 heterocycles. The van der Waals surface area contributed by atoms with Crippen LogP contribution in [0.25, 0.3) is 0 Å². The van der Waals surface area contributed by atoms with Gasteiger partial charge in [0.2, 0.25) is 0 Å². The fourth-order valence-electron chi connectivity index (χ4n) is 1.20. The van der Waals surface area contributed by atoms with Gasteiger partial charge in [-0.05, 0) is 108 Å². The van der Waals surface area contributed by atoms with Crippen molar-refractivity contribution in [3.63, 3.8) is 0 Å². The summed E-state index contributed by atoms with van der Waals surface area (Å²) >= 11 is 0. The first-order valence-corrected chi connectivity index (χ1v) is 12.8. The summed E-state index contributed by atoms with van der Waals surface area (Å²) in [5.41, 5.74) is 0. The summed E-state index contributed by atoms with van der Waals surface area (Å²) in [4.78, 5) is 14.0. The minimum absolute atomic E-state index is 0.167. The maximum atomic E-state index is 11.5. The summed E-state index contributed by atoms with van der Waals surface area (Å²) in [6, 6.07) is 0. The highest BCUT2D eigenvalue weighted by atomic mass is 35.7. The largest absolute Gasteiger partial charge is 0.421 e. The number of halogens is 5. The van der Waals surface area contributed by atoms with Crippen LogP contribution < -0.4 is 4.74 Å². The summed E-state index contributed by atoms with van der Waals surface area (Å²) in [7, 11) is 33.8. The fourth-order valence-corrected chi connectivity index (χ4v) is 7.62. The van der Waals surface area contributed by atoms with E-state index in [0.717, 1.165) is 61.0 Å². The molecular formula is C9H3Cl5O2S5. The molecule has 0 spiro atoms. The smallest absolute Gasteiger partial charge is 0.335 e. The van der Waals surface area contributed by atoms with Gasteiger partial charge in [0.15, 0.2) is 5.75 Å². The molecule has 0 amide bonds. The van der Waals surface area contributed by atoms with Crippen LogP contribution in [-0.4, -0.2) is 5.97 Å². The molecular weight excluding hydrogens is 478 g/mol. The third kappa shape index (κ3) is 4.81. The molecule has 0 aromatic heterocycles. The Morgan fingerprint density at radius 3 is 1.43 bits per heavy atom. The molecule has 116 valence electrons. The number of carbonyl (C=O) groups is 1. The number of esters is 1. The molecule has 0 bridgehead atoms. The van der Waals surface area contributed by atoms with Crippen LogP contribution in [-0.2, 0) is 4.79 Å². The number of hydrogen-bond acceptors (Lipinski definition) is 7. The van der Waals surface area contributed by atoms with Gasteiger partial charge in [-0.2, -0.15) is 0 Å². The number of carbonyl (C=O) groups excluding carboxylic acids is 1. The Hall–Kier alpha value is 1.63. The van der Waals surface area contributed by atoms with Crippen molar-refractivity contribution in [2.24, 2.45) is 0 Å². The molecule has 2 nitrogen and oxygen atoms in total. The second-order valence-electron chi connectivity index (χ2n) is 2.99. The summed E-state index contributed by atoms with van der Waals surface area (Å²) < 4.78 is 5.23. The predicted molar refractivity (Wildman–Crippen MR) is 101 cm³/mol. The first-order chi connectivity index (χ1) is 10.1. The Morgan fingerprint density at radius 2 is 1.14 bits per heavy atom. The Balaban J connectivity index is 3.72. The van der Waals surface area contributed by atoms with E-state index in [1.807, 2.05) is 0 Å². The molecule has 0 N–H and O–H groups in total. The molecule has 0 saturated heterocycles. The van der Waals surface area contributed by atoms with Crippen molar-refractivity contribution in [1.82, 2.24) is 0 Å². The minimum Gasteiger partial charge on any atom is -0.421 e. The van der Waals surface area contributed by atoms with Crippen molar-refractivity contribution in [3.05, 3.63) is 12.7 Å². The lowest BCUT2D eigenvalue weighted by Gasteiger charge is -2.18. The van der Waals surface area contributed by atoms with E-state index in [1.165, 1.54) is 0 Å². The summed E-state index contributed by atoms with van der Waals surface area (Å²) in [6.45, 7) is 3.34. The third-order valence-corrected chi connectivity index (χ3v) is 7.60. The van der Waals surface area contributed by atoms with E-state index in [2.05, 4.69) is 6.58 Å². The van der Waals surface area contributed by atoms with E-state index in [1.54, 1.807) is 0 Å². The van der Waals surface area contributed by atoms with Crippen LogP contribution in [0.15, 0.2) is 37.1 Å². The fraction of sp³-hybridized carbons (Fsp3) is 0. The Bertz CT molecular complexity index is 523. The van der Waals surface area contributed by atoms with Gasteiger partial charge in [0, 0.05) is 6.08 Å². The van der Waals surface area contributed by atoms with E-state index in [4.69, 9.17) is 58.1 Å². The van der Waals surface area contributed by atoms with E-state index in [-0.39, 0.29) is 5.75 Å². The van der Waals surface area contributed by atoms with Crippen molar-refractivity contribution in [1.29, 1.82) is 0 Å². The lowest BCUT2D eigenvalue weighted by Crippen LogP contribution is -2.06. The molecule has 0 fully saturated rings. The van der Waals surface area contributed by atoms with Gasteiger partial charge in [0.1, 0.15) is 0 Å². The predicted octanol–water partition coefficient (Wildman–Crippen LogP) is 8.01. The molecule has 0 saturated carbocycles. The average molecular weight is 481 g/mol. The number of benzene rings is 1. The molecule has 0 unspecified atom stereocenters. The van der Waals surface area contributed by atoms with Crippen molar-refractivity contribution < 1.29 is 9.53 Å². The number of hydrogen-bond donors (Lipinski definition) is 0. The van der Waals surface area contributed by atoms with Crippen LogP contribution in [0.4, 0.5) is 0 Å². The second kappa shape index (κ2) is 10.5. The first-order valence-electron chi connectivity index (χ1n) is 4.60. The Kier molecular flexibility index (Phi) is 10.3. The molecule has 0 aliphatic carbocycles. The van der Waals surface area contributed by atoms with Gasteiger partial charge in [0.05, 0.1) is 24.5 Å². The molecule has 1 rings (SSSR count). The zero-order chi connectivity index (χ0) is 16.0. The summed E-state index contributed by atoms with van der Waals surface area (Å²) in [5, 5.41) is 0. The first kappa shape index (κ1) is 20.7. The van der Waals surface area contributed by atoms with Gasteiger partial charge >= 0.3 is 5.97 Å². The standard InChI is InChI=1S/C9H3Cl5O2S5/c1-2-3(15)16-4-5(17-10)7(19-12)9(21-14)8(20-13)6(4)18-11/h2H,1H2. The van der Waals surface area contributed by atoms with Gasteiger partial charge in [-0.25, -0.2) is 4.79 Å². The Labute approximate surface area is 165 Å². The quantitative estimate of drug-likeness (QED) is 0.221. The number of ether oxygens (including phenoxy) is 1. The molecule has 0 aliphatic rings. The highest BCUT2D eigenvalue weighted by Crippen LogP contribution is 2.57.